The van der Waals surface area contributed by atoms with E-state index < -0.39 is 5.82 Å². The monoisotopic (exact) mass is 644 g/mol. The van der Waals surface area contributed by atoms with Crippen molar-refractivity contribution in [1.29, 1.82) is 0 Å². The Kier molecular flexibility index (Phi) is 9.79. The summed E-state index contributed by atoms with van der Waals surface area (Å²) >= 11 is 1.48. The van der Waals surface area contributed by atoms with Gasteiger partial charge in [-0.3, -0.25) is 19.7 Å². The number of halogens is 1. The first-order chi connectivity index (χ1) is 22.2. The molecule has 1 saturated heterocycles. The number of benzene rings is 1. The number of nitrogens with one attached hydrogen (secondary N) is 3. The molecule has 4 heterocycles. The molecule has 0 spiro atoms. The second kappa shape index (κ2) is 14.1. The van der Waals surface area contributed by atoms with Crippen molar-refractivity contribution in [2.24, 2.45) is 17.8 Å². The van der Waals surface area contributed by atoms with Crippen molar-refractivity contribution in [1.82, 2.24) is 25.5 Å². The standard InChI is InChI=1S/C35H41FN6O3S/c1-4-23(21(2)3)11-13-38-34(43)24-19-42(20-24)18-22-5-9-28(39-17-22)32-16-29-33(46-32)31(12-14-37-29)45-30-10-8-26(15-27(30)36)41-35(44)40-25-6-7-25/h5,8-10,12,14-17,21,23-25H,4,6-7,11,13,18-20H2,1-3H3,(H,38,43)(H2,40,41,44). The van der Waals surface area contributed by atoms with Crippen LogP contribution < -0.4 is 20.7 Å². The quantitative estimate of drug-likeness (QED) is 0.142. The van der Waals surface area contributed by atoms with E-state index in [-0.39, 0.29) is 29.6 Å². The van der Waals surface area contributed by atoms with Gasteiger partial charge in [0.15, 0.2) is 11.6 Å². The normalized spacial score (nSPS) is 15.8. The zero-order chi connectivity index (χ0) is 32.2. The fourth-order valence-electron chi connectivity index (χ4n) is 5.80. The lowest BCUT2D eigenvalue weighted by molar-refractivity contribution is -0.130. The third-order valence-corrected chi connectivity index (χ3v) is 9.95. The van der Waals surface area contributed by atoms with Gasteiger partial charge in [0.25, 0.3) is 0 Å². The third kappa shape index (κ3) is 7.82. The van der Waals surface area contributed by atoms with Gasteiger partial charge in [0.2, 0.25) is 5.91 Å². The fraction of sp³-hybridized carbons (Fsp3) is 0.429. The number of thiophene rings is 1. The molecule has 1 atom stereocenters. The molecule has 3 amide bonds. The number of hydrogen-bond donors (Lipinski definition) is 3. The molecule has 11 heteroatoms. The summed E-state index contributed by atoms with van der Waals surface area (Å²) in [6.45, 7) is 9.73. The van der Waals surface area contributed by atoms with Crippen LogP contribution in [0.15, 0.2) is 54.9 Å². The minimum Gasteiger partial charge on any atom is -0.453 e. The van der Waals surface area contributed by atoms with Crippen molar-refractivity contribution in [3.63, 3.8) is 0 Å². The van der Waals surface area contributed by atoms with E-state index in [0.29, 0.717) is 23.3 Å². The summed E-state index contributed by atoms with van der Waals surface area (Å²) in [5.41, 5.74) is 2.99. The lowest BCUT2D eigenvalue weighted by atomic mass is 9.90. The molecule has 3 aromatic heterocycles. The number of rotatable bonds is 13. The van der Waals surface area contributed by atoms with Gasteiger partial charge in [-0.1, -0.05) is 33.3 Å². The van der Waals surface area contributed by atoms with Crippen molar-refractivity contribution < 1.29 is 18.7 Å². The van der Waals surface area contributed by atoms with Gasteiger partial charge in [-0.2, -0.15) is 0 Å². The number of aromatic nitrogens is 2. The molecule has 6 rings (SSSR count). The predicted molar refractivity (Wildman–Crippen MR) is 180 cm³/mol. The van der Waals surface area contributed by atoms with Crippen LogP contribution in [0.1, 0.15) is 52.0 Å². The Labute approximate surface area is 273 Å². The molecular formula is C35H41FN6O3S. The molecule has 46 heavy (non-hydrogen) atoms. The maximum atomic E-state index is 14.9. The molecule has 1 aromatic carbocycles. The van der Waals surface area contributed by atoms with Crippen LogP contribution in [0.25, 0.3) is 20.8 Å². The number of amides is 3. The van der Waals surface area contributed by atoms with Crippen molar-refractivity contribution in [2.45, 2.75) is 59.0 Å². The summed E-state index contributed by atoms with van der Waals surface area (Å²) in [6.07, 6.45) is 7.64. The van der Waals surface area contributed by atoms with Crippen LogP contribution in [0.3, 0.4) is 0 Å². The Bertz CT molecular complexity index is 1680. The second-order valence-electron chi connectivity index (χ2n) is 12.7. The molecule has 1 aliphatic heterocycles. The summed E-state index contributed by atoms with van der Waals surface area (Å²) < 4.78 is 21.7. The summed E-state index contributed by atoms with van der Waals surface area (Å²) in [6, 6.07) is 12.0. The van der Waals surface area contributed by atoms with Crippen molar-refractivity contribution >= 4 is 39.2 Å². The van der Waals surface area contributed by atoms with Crippen LogP contribution in [-0.4, -0.2) is 52.5 Å². The number of carbonyl (C=O) groups excluding carboxylic acids is 2. The van der Waals surface area contributed by atoms with E-state index in [9.17, 15) is 14.0 Å². The molecule has 1 aliphatic carbocycles. The lowest BCUT2D eigenvalue weighted by Crippen LogP contribution is -2.53. The van der Waals surface area contributed by atoms with Gasteiger partial charge in [-0.05, 0) is 60.9 Å². The summed E-state index contributed by atoms with van der Waals surface area (Å²) in [5.74, 6) is 1.47. The predicted octanol–water partition coefficient (Wildman–Crippen LogP) is 7.19. The fourth-order valence-corrected chi connectivity index (χ4v) is 6.84. The van der Waals surface area contributed by atoms with Gasteiger partial charge in [0, 0.05) is 62.4 Å². The van der Waals surface area contributed by atoms with Gasteiger partial charge in [-0.15, -0.1) is 11.3 Å². The topological polar surface area (TPSA) is 108 Å². The second-order valence-corrected chi connectivity index (χ2v) is 13.7. The number of hydrogen-bond acceptors (Lipinski definition) is 7. The number of likely N-dealkylation sites (tertiary alicyclic amines) is 1. The van der Waals surface area contributed by atoms with Gasteiger partial charge in [-0.25, -0.2) is 9.18 Å². The minimum atomic E-state index is -0.580. The van der Waals surface area contributed by atoms with E-state index in [1.165, 1.54) is 23.5 Å². The van der Waals surface area contributed by atoms with Crippen LogP contribution >= 0.6 is 11.3 Å². The maximum absolute atomic E-state index is 14.9. The summed E-state index contributed by atoms with van der Waals surface area (Å²) in [5, 5.41) is 8.61. The minimum absolute atomic E-state index is 0.0512. The number of ether oxygens (including phenoxy) is 1. The Hall–Kier alpha value is -4.09. The average molecular weight is 645 g/mol. The van der Waals surface area contributed by atoms with E-state index in [4.69, 9.17) is 9.72 Å². The van der Waals surface area contributed by atoms with Gasteiger partial charge >= 0.3 is 6.03 Å². The Balaban J connectivity index is 1.02. The Morgan fingerprint density at radius 3 is 2.61 bits per heavy atom. The first kappa shape index (κ1) is 31.9. The molecule has 1 unspecified atom stereocenters. The van der Waals surface area contributed by atoms with Gasteiger partial charge in [0.05, 0.1) is 26.7 Å². The molecule has 3 N–H and O–H groups in total. The van der Waals surface area contributed by atoms with E-state index in [2.05, 4.69) is 52.7 Å². The van der Waals surface area contributed by atoms with E-state index in [1.807, 2.05) is 18.3 Å². The van der Waals surface area contributed by atoms with Crippen LogP contribution in [0.5, 0.6) is 11.5 Å². The van der Waals surface area contributed by atoms with E-state index in [1.54, 1.807) is 18.3 Å². The number of nitrogens with zero attached hydrogens (tertiary/aromatic N) is 3. The highest BCUT2D eigenvalue weighted by Gasteiger charge is 2.32. The molecule has 2 fully saturated rings. The van der Waals surface area contributed by atoms with Gasteiger partial charge < -0.3 is 20.7 Å². The maximum Gasteiger partial charge on any atom is 0.319 e. The van der Waals surface area contributed by atoms with E-state index in [0.717, 1.165) is 78.2 Å². The lowest BCUT2D eigenvalue weighted by Gasteiger charge is -2.38. The molecule has 0 radical (unpaired) electrons. The van der Waals surface area contributed by atoms with Crippen molar-refractivity contribution in [3.05, 3.63) is 66.2 Å². The van der Waals surface area contributed by atoms with Crippen LogP contribution in [0.2, 0.25) is 0 Å². The number of anilines is 1. The third-order valence-electron chi connectivity index (χ3n) is 8.79. The zero-order valence-corrected chi connectivity index (χ0v) is 27.3. The number of urea groups is 1. The number of pyridine rings is 2. The van der Waals surface area contributed by atoms with Crippen molar-refractivity contribution in [2.75, 3.05) is 25.0 Å². The van der Waals surface area contributed by atoms with Crippen LogP contribution in [0, 0.1) is 23.6 Å². The zero-order valence-electron chi connectivity index (χ0n) is 26.5. The number of carbonyl (C=O) groups is 2. The highest BCUT2D eigenvalue weighted by atomic mass is 32.1. The molecule has 9 nitrogen and oxygen atoms in total. The smallest absolute Gasteiger partial charge is 0.319 e. The largest absolute Gasteiger partial charge is 0.453 e. The molecule has 2 aliphatic rings. The van der Waals surface area contributed by atoms with Crippen LogP contribution in [-0.2, 0) is 11.3 Å². The molecule has 4 aromatic rings. The SMILES string of the molecule is CCC(CCNC(=O)C1CN(Cc2ccc(-c3cc4nccc(Oc5ccc(NC(=O)NC6CC6)cc5F)c4s3)nc2)C1)C(C)C. The molecule has 242 valence electrons. The highest BCUT2D eigenvalue weighted by Crippen LogP contribution is 2.39. The molecule has 0 bridgehead atoms. The van der Waals surface area contributed by atoms with Gasteiger partial charge in [0.1, 0.15) is 5.75 Å². The van der Waals surface area contributed by atoms with Crippen LogP contribution in [0.4, 0.5) is 14.9 Å². The molecular weight excluding hydrogens is 603 g/mol. The highest BCUT2D eigenvalue weighted by molar-refractivity contribution is 7.22. The van der Waals surface area contributed by atoms with Crippen molar-refractivity contribution in [3.8, 4) is 22.1 Å². The first-order valence-electron chi connectivity index (χ1n) is 16.1. The first-order valence-corrected chi connectivity index (χ1v) is 17.0. The average Bonchev–Trinajstić information content (AvgIpc) is 3.71. The Morgan fingerprint density at radius 1 is 1.09 bits per heavy atom. The number of fused-ring (bicyclic) bond motifs is 1. The van der Waals surface area contributed by atoms with E-state index >= 15 is 0 Å². The summed E-state index contributed by atoms with van der Waals surface area (Å²) in [4.78, 5) is 36.9. The Morgan fingerprint density at radius 2 is 1.91 bits per heavy atom. The molecule has 1 saturated carbocycles. The summed E-state index contributed by atoms with van der Waals surface area (Å²) in [7, 11) is 0.